The SMILES string of the molecule is CCOc1ccc(OCc2cccc(C(=O)Nc3c(C)nn(Cc4c(F)cccc4Cl)c3C)c2)cc1. The number of carbonyl (C=O) groups is 1. The molecule has 0 spiro atoms. The molecular weight excluding hydrogens is 481 g/mol. The number of halogens is 2. The Morgan fingerprint density at radius 2 is 1.72 bits per heavy atom. The maximum atomic E-state index is 14.3. The first-order valence-electron chi connectivity index (χ1n) is 11.6. The lowest BCUT2D eigenvalue weighted by molar-refractivity contribution is 0.102. The maximum Gasteiger partial charge on any atom is 0.255 e. The molecular formula is C28H27ClFN3O3. The standard InChI is InChI=1S/C28H27ClFN3O3/c1-4-35-22-11-13-23(14-12-22)36-17-20-7-5-8-21(15-20)28(34)31-27-18(2)32-33(19(27)3)16-24-25(29)9-6-10-26(24)30/h5-15H,4,16-17H2,1-3H3,(H,31,34). The highest BCUT2D eigenvalue weighted by molar-refractivity contribution is 6.31. The summed E-state index contributed by atoms with van der Waals surface area (Å²) in [4.78, 5) is 13.0. The summed E-state index contributed by atoms with van der Waals surface area (Å²) in [6.45, 7) is 6.63. The molecule has 0 aliphatic heterocycles. The van der Waals surface area contributed by atoms with Crippen LogP contribution in [-0.4, -0.2) is 22.3 Å². The van der Waals surface area contributed by atoms with Crippen LogP contribution in [0.15, 0.2) is 66.7 Å². The maximum absolute atomic E-state index is 14.3. The summed E-state index contributed by atoms with van der Waals surface area (Å²) >= 11 is 6.18. The van der Waals surface area contributed by atoms with Crippen LogP contribution in [0.3, 0.4) is 0 Å². The van der Waals surface area contributed by atoms with Crippen molar-refractivity contribution in [1.82, 2.24) is 9.78 Å². The fourth-order valence-corrected chi connectivity index (χ4v) is 4.04. The topological polar surface area (TPSA) is 65.4 Å². The summed E-state index contributed by atoms with van der Waals surface area (Å²) in [5.41, 5.74) is 3.62. The normalized spacial score (nSPS) is 10.8. The number of nitrogens with one attached hydrogen (secondary N) is 1. The van der Waals surface area contributed by atoms with E-state index < -0.39 is 5.82 Å². The Hall–Kier alpha value is -3.84. The summed E-state index contributed by atoms with van der Waals surface area (Å²) in [5, 5.41) is 7.76. The third kappa shape index (κ3) is 5.86. The van der Waals surface area contributed by atoms with Crippen molar-refractivity contribution in [3.63, 3.8) is 0 Å². The molecule has 4 aromatic rings. The molecule has 3 aromatic carbocycles. The van der Waals surface area contributed by atoms with Crippen LogP contribution >= 0.6 is 11.6 Å². The molecule has 0 radical (unpaired) electrons. The highest BCUT2D eigenvalue weighted by Gasteiger charge is 2.17. The largest absolute Gasteiger partial charge is 0.494 e. The van der Waals surface area contributed by atoms with Gasteiger partial charge in [0.1, 0.15) is 23.9 Å². The summed E-state index contributed by atoms with van der Waals surface area (Å²) in [5.74, 6) is 0.828. The minimum atomic E-state index is -0.398. The van der Waals surface area contributed by atoms with Crippen LogP contribution < -0.4 is 14.8 Å². The van der Waals surface area contributed by atoms with Crippen LogP contribution in [0.4, 0.5) is 10.1 Å². The van der Waals surface area contributed by atoms with Gasteiger partial charge in [0.05, 0.1) is 30.2 Å². The predicted octanol–water partition coefficient (Wildman–Crippen LogP) is 6.57. The van der Waals surface area contributed by atoms with E-state index in [1.54, 1.807) is 35.9 Å². The molecule has 1 heterocycles. The number of amides is 1. The van der Waals surface area contributed by atoms with Gasteiger partial charge in [0, 0.05) is 16.1 Å². The quantitative estimate of drug-likeness (QED) is 0.278. The number of hydrogen-bond donors (Lipinski definition) is 1. The first kappa shape index (κ1) is 25.3. The summed E-state index contributed by atoms with van der Waals surface area (Å²) in [6, 6.07) is 19.2. The monoisotopic (exact) mass is 507 g/mol. The number of hydrogen-bond acceptors (Lipinski definition) is 4. The van der Waals surface area contributed by atoms with Crippen molar-refractivity contribution < 1.29 is 18.7 Å². The van der Waals surface area contributed by atoms with Gasteiger partial charge in [0.15, 0.2) is 0 Å². The molecule has 36 heavy (non-hydrogen) atoms. The van der Waals surface area contributed by atoms with E-state index in [-0.39, 0.29) is 12.5 Å². The number of benzene rings is 3. The number of ether oxygens (including phenoxy) is 2. The number of anilines is 1. The van der Waals surface area contributed by atoms with Crippen molar-refractivity contribution in [1.29, 1.82) is 0 Å². The Kier molecular flexibility index (Phi) is 7.90. The molecule has 0 fully saturated rings. The Bertz CT molecular complexity index is 1350. The lowest BCUT2D eigenvalue weighted by Gasteiger charge is -2.10. The van der Waals surface area contributed by atoms with Crippen molar-refractivity contribution in [2.45, 2.75) is 33.9 Å². The predicted molar refractivity (Wildman–Crippen MR) is 139 cm³/mol. The second-order valence-electron chi connectivity index (χ2n) is 8.25. The van der Waals surface area contributed by atoms with Crippen LogP contribution in [0.25, 0.3) is 0 Å². The van der Waals surface area contributed by atoms with Crippen molar-refractivity contribution in [3.05, 3.63) is 106 Å². The van der Waals surface area contributed by atoms with E-state index in [2.05, 4.69) is 10.4 Å². The summed E-state index contributed by atoms with van der Waals surface area (Å²) in [7, 11) is 0. The van der Waals surface area contributed by atoms with Gasteiger partial charge in [-0.25, -0.2) is 4.39 Å². The third-order valence-corrected chi connectivity index (χ3v) is 6.07. The minimum absolute atomic E-state index is 0.159. The van der Waals surface area contributed by atoms with E-state index in [4.69, 9.17) is 21.1 Å². The number of rotatable bonds is 9. The fourth-order valence-electron chi connectivity index (χ4n) is 3.82. The van der Waals surface area contributed by atoms with Gasteiger partial charge in [0.25, 0.3) is 5.91 Å². The van der Waals surface area contributed by atoms with Gasteiger partial charge in [-0.1, -0.05) is 29.8 Å². The van der Waals surface area contributed by atoms with E-state index in [0.717, 1.165) is 11.3 Å². The van der Waals surface area contributed by atoms with Crippen molar-refractivity contribution >= 4 is 23.2 Å². The Morgan fingerprint density at radius 3 is 2.42 bits per heavy atom. The third-order valence-electron chi connectivity index (χ3n) is 5.72. The number of carbonyl (C=O) groups excluding carboxylic acids is 1. The average molecular weight is 508 g/mol. The van der Waals surface area contributed by atoms with Gasteiger partial charge in [-0.05, 0) is 74.9 Å². The van der Waals surface area contributed by atoms with Gasteiger partial charge in [0.2, 0.25) is 0 Å². The lowest BCUT2D eigenvalue weighted by atomic mass is 10.1. The number of aryl methyl sites for hydroxylation is 1. The highest BCUT2D eigenvalue weighted by atomic mass is 35.5. The first-order chi connectivity index (χ1) is 17.4. The van der Waals surface area contributed by atoms with Gasteiger partial charge >= 0.3 is 0 Å². The molecule has 0 unspecified atom stereocenters. The average Bonchev–Trinajstić information content (AvgIpc) is 3.13. The van der Waals surface area contributed by atoms with E-state index >= 15 is 0 Å². The Balaban J connectivity index is 1.44. The Labute approximate surface area is 214 Å². The number of aromatic nitrogens is 2. The minimum Gasteiger partial charge on any atom is -0.494 e. The molecule has 4 rings (SSSR count). The molecule has 0 bridgehead atoms. The van der Waals surface area contributed by atoms with Crippen molar-refractivity contribution in [2.75, 3.05) is 11.9 Å². The molecule has 8 heteroatoms. The fraction of sp³-hybridized carbons (Fsp3) is 0.214. The summed E-state index contributed by atoms with van der Waals surface area (Å²) < 4.78 is 27.2. The van der Waals surface area contributed by atoms with Crippen molar-refractivity contribution in [2.24, 2.45) is 0 Å². The van der Waals surface area contributed by atoms with Crippen molar-refractivity contribution in [3.8, 4) is 11.5 Å². The van der Waals surface area contributed by atoms with Gasteiger partial charge < -0.3 is 14.8 Å². The zero-order chi connectivity index (χ0) is 25.7. The summed E-state index contributed by atoms with van der Waals surface area (Å²) in [6.07, 6.45) is 0. The van der Waals surface area contributed by atoms with Crippen LogP contribution in [0, 0.1) is 19.7 Å². The van der Waals surface area contributed by atoms with E-state index in [1.165, 1.54) is 6.07 Å². The van der Waals surface area contributed by atoms with Crippen LogP contribution in [0.2, 0.25) is 5.02 Å². The number of nitrogens with zero attached hydrogens (tertiary/aromatic N) is 2. The van der Waals surface area contributed by atoms with E-state index in [1.807, 2.05) is 50.2 Å². The van der Waals surface area contributed by atoms with E-state index in [0.29, 0.717) is 52.2 Å². The molecule has 0 saturated heterocycles. The molecule has 1 N–H and O–H groups in total. The van der Waals surface area contributed by atoms with Crippen LogP contribution in [0.5, 0.6) is 11.5 Å². The van der Waals surface area contributed by atoms with Gasteiger partial charge in [-0.2, -0.15) is 5.10 Å². The van der Waals surface area contributed by atoms with Crippen LogP contribution in [-0.2, 0) is 13.2 Å². The van der Waals surface area contributed by atoms with Crippen LogP contribution in [0.1, 0.15) is 39.8 Å². The second-order valence-corrected chi connectivity index (χ2v) is 8.66. The first-order valence-corrected chi connectivity index (χ1v) is 12.0. The smallest absolute Gasteiger partial charge is 0.255 e. The zero-order valence-corrected chi connectivity index (χ0v) is 21.1. The zero-order valence-electron chi connectivity index (χ0n) is 20.3. The Morgan fingerprint density at radius 1 is 1.03 bits per heavy atom. The van der Waals surface area contributed by atoms with Gasteiger partial charge in [-0.15, -0.1) is 0 Å². The molecule has 1 aromatic heterocycles. The molecule has 1 amide bonds. The molecule has 0 atom stereocenters. The van der Waals surface area contributed by atoms with E-state index in [9.17, 15) is 9.18 Å². The second kappa shape index (κ2) is 11.3. The molecule has 186 valence electrons. The van der Waals surface area contributed by atoms with Gasteiger partial charge in [-0.3, -0.25) is 9.48 Å². The highest BCUT2D eigenvalue weighted by Crippen LogP contribution is 2.25. The molecule has 6 nitrogen and oxygen atoms in total. The molecule has 0 aliphatic rings. The lowest BCUT2D eigenvalue weighted by Crippen LogP contribution is -2.14. The molecule has 0 saturated carbocycles. The molecule has 0 aliphatic carbocycles.